The van der Waals surface area contributed by atoms with Crippen LogP contribution in [0.3, 0.4) is 0 Å². The van der Waals surface area contributed by atoms with Gasteiger partial charge in [0.2, 0.25) is 0 Å². The minimum Gasteiger partial charge on any atom is -0.338 e. The Labute approximate surface area is 141 Å². The lowest BCUT2D eigenvalue weighted by Crippen LogP contribution is -2.14. The average Bonchev–Trinajstić information content (AvgIpc) is 2.54. The number of rotatable bonds is 3. The number of halogens is 2. The lowest BCUT2D eigenvalue weighted by Gasteiger charge is -2.09. The van der Waals surface area contributed by atoms with Crippen LogP contribution in [0.1, 0.15) is 10.4 Å². The van der Waals surface area contributed by atoms with Crippen molar-refractivity contribution in [2.45, 2.75) is 4.90 Å². The maximum atomic E-state index is 14.0. The highest BCUT2D eigenvalue weighted by atomic mass is 35.5. The van der Waals surface area contributed by atoms with E-state index in [9.17, 15) is 17.6 Å². The summed E-state index contributed by atoms with van der Waals surface area (Å²) in [7, 11) is -4.55. The highest BCUT2D eigenvalue weighted by molar-refractivity contribution is 7.87. The summed E-state index contributed by atoms with van der Waals surface area (Å²) in [6.45, 7) is 0. The van der Waals surface area contributed by atoms with Gasteiger partial charge < -0.3 is 4.18 Å². The Morgan fingerprint density at radius 3 is 2.58 bits per heavy atom. The molecule has 2 aromatic carbocycles. The van der Waals surface area contributed by atoms with Gasteiger partial charge in [-0.05, 0) is 18.2 Å². The van der Waals surface area contributed by atoms with Crippen LogP contribution in [0.25, 0.3) is 10.8 Å². The van der Waals surface area contributed by atoms with Crippen molar-refractivity contribution < 1.29 is 21.8 Å². The van der Waals surface area contributed by atoms with E-state index in [2.05, 4.69) is 9.17 Å². The molecule has 24 heavy (non-hydrogen) atoms. The molecule has 0 amide bonds. The van der Waals surface area contributed by atoms with Gasteiger partial charge in [0.25, 0.3) is 0 Å². The predicted octanol–water partition coefficient (Wildman–Crippen LogP) is 3.57. The molecule has 0 aliphatic heterocycles. The first-order chi connectivity index (χ1) is 11.4. The number of hydrogen-bond donors (Lipinski definition) is 0. The average molecular weight is 366 g/mol. The summed E-state index contributed by atoms with van der Waals surface area (Å²) < 4.78 is 43.5. The van der Waals surface area contributed by atoms with Gasteiger partial charge in [-0.15, -0.1) is 0 Å². The second-order valence-electron chi connectivity index (χ2n) is 4.78. The molecule has 0 N–H and O–H groups in total. The van der Waals surface area contributed by atoms with Crippen molar-refractivity contribution >= 4 is 38.5 Å². The van der Waals surface area contributed by atoms with Crippen LogP contribution in [-0.4, -0.2) is 19.4 Å². The van der Waals surface area contributed by atoms with E-state index in [0.717, 1.165) is 12.3 Å². The van der Waals surface area contributed by atoms with Crippen molar-refractivity contribution in [3.05, 3.63) is 71.3 Å². The predicted molar refractivity (Wildman–Crippen MR) is 85.8 cm³/mol. The maximum absolute atomic E-state index is 14.0. The van der Waals surface area contributed by atoms with Crippen molar-refractivity contribution in [3.63, 3.8) is 0 Å². The molecule has 5 nitrogen and oxygen atoms in total. The van der Waals surface area contributed by atoms with Crippen LogP contribution in [-0.2, 0) is 14.3 Å². The van der Waals surface area contributed by atoms with Crippen LogP contribution < -0.4 is 0 Å². The van der Waals surface area contributed by atoms with E-state index >= 15 is 0 Å². The number of carbonyl (C=O) groups is 1. The van der Waals surface area contributed by atoms with E-state index in [0.29, 0.717) is 0 Å². The Morgan fingerprint density at radius 1 is 1.08 bits per heavy atom. The molecule has 0 unspecified atom stereocenters. The minimum atomic E-state index is -4.55. The third-order valence-corrected chi connectivity index (χ3v) is 4.83. The molecule has 8 heteroatoms. The zero-order valence-corrected chi connectivity index (χ0v) is 13.5. The fourth-order valence-corrected chi connectivity index (χ4v) is 3.49. The fraction of sp³-hybridized carbons (Fsp3) is 0. The van der Waals surface area contributed by atoms with Gasteiger partial charge in [0, 0.05) is 17.0 Å². The molecule has 0 fully saturated rings. The molecule has 0 aliphatic rings. The smallest absolute Gasteiger partial charge is 0.338 e. The van der Waals surface area contributed by atoms with Crippen molar-refractivity contribution in [2.24, 2.45) is 0 Å². The summed E-state index contributed by atoms with van der Waals surface area (Å²) >= 11 is 5.85. The molecule has 3 aromatic rings. The van der Waals surface area contributed by atoms with E-state index in [1.165, 1.54) is 36.5 Å². The van der Waals surface area contributed by atoms with Crippen molar-refractivity contribution in [3.8, 4) is 0 Å². The van der Waals surface area contributed by atoms with Crippen molar-refractivity contribution in [1.29, 1.82) is 0 Å². The van der Waals surface area contributed by atoms with Crippen LogP contribution in [0.2, 0.25) is 5.02 Å². The number of carbonyl (C=O) groups excluding carboxylic acids is 1. The zero-order chi connectivity index (χ0) is 17.3. The quantitative estimate of drug-likeness (QED) is 0.663. The van der Waals surface area contributed by atoms with E-state index in [4.69, 9.17) is 11.6 Å². The second-order valence-corrected chi connectivity index (χ2v) is 6.70. The molecule has 122 valence electrons. The molecular weight excluding hydrogens is 357 g/mol. The SMILES string of the molecule is O=C(OS(=O)(=O)c1cccc2cncc(F)c12)c1ccccc1Cl. The van der Waals surface area contributed by atoms with Gasteiger partial charge in [-0.1, -0.05) is 35.9 Å². The molecule has 0 aliphatic carbocycles. The number of aromatic nitrogens is 1. The normalized spacial score (nSPS) is 11.4. The van der Waals surface area contributed by atoms with Crippen LogP contribution in [0, 0.1) is 5.82 Å². The summed E-state index contributed by atoms with van der Waals surface area (Å²) in [5.41, 5.74) is -0.106. The summed E-state index contributed by atoms with van der Waals surface area (Å²) in [6, 6.07) is 9.90. The first-order valence-corrected chi connectivity index (χ1v) is 8.44. The summed E-state index contributed by atoms with van der Waals surface area (Å²) in [6.07, 6.45) is 2.20. The largest absolute Gasteiger partial charge is 0.355 e. The van der Waals surface area contributed by atoms with Crippen molar-refractivity contribution in [1.82, 2.24) is 4.98 Å². The Hall–Kier alpha value is -2.51. The van der Waals surface area contributed by atoms with Crippen LogP contribution in [0.15, 0.2) is 59.8 Å². The Bertz CT molecular complexity index is 1050. The van der Waals surface area contributed by atoms with Crippen molar-refractivity contribution in [2.75, 3.05) is 0 Å². The van der Waals surface area contributed by atoms with Gasteiger partial charge in [-0.25, -0.2) is 9.18 Å². The molecule has 0 radical (unpaired) electrons. The zero-order valence-electron chi connectivity index (χ0n) is 11.9. The van der Waals surface area contributed by atoms with Crippen LogP contribution in [0.4, 0.5) is 4.39 Å². The highest BCUT2D eigenvalue weighted by Crippen LogP contribution is 2.27. The lowest BCUT2D eigenvalue weighted by atomic mass is 10.2. The second kappa shape index (κ2) is 6.18. The molecule has 3 rings (SSSR count). The Morgan fingerprint density at radius 2 is 1.83 bits per heavy atom. The van der Waals surface area contributed by atoms with E-state index < -0.39 is 26.8 Å². The number of pyridine rings is 1. The monoisotopic (exact) mass is 365 g/mol. The Balaban J connectivity index is 2.07. The number of fused-ring (bicyclic) bond motifs is 1. The lowest BCUT2D eigenvalue weighted by molar-refractivity contribution is 0.0747. The molecular formula is C16H9ClFNO4S. The van der Waals surface area contributed by atoms with Gasteiger partial charge >= 0.3 is 16.1 Å². The van der Waals surface area contributed by atoms with Crippen LogP contribution in [0.5, 0.6) is 0 Å². The van der Waals surface area contributed by atoms with Gasteiger partial charge in [0.15, 0.2) is 5.82 Å². The molecule has 1 aromatic heterocycles. The molecule has 1 heterocycles. The molecule has 0 saturated carbocycles. The first kappa shape index (κ1) is 16.4. The summed E-state index contributed by atoms with van der Waals surface area (Å²) in [5, 5.41) is 0.121. The van der Waals surface area contributed by atoms with Gasteiger partial charge in [-0.3, -0.25) is 4.98 Å². The number of nitrogens with zero attached hydrogens (tertiary/aromatic N) is 1. The highest BCUT2D eigenvalue weighted by Gasteiger charge is 2.26. The molecule has 0 saturated heterocycles. The van der Waals surface area contributed by atoms with E-state index in [1.54, 1.807) is 6.07 Å². The standard InChI is InChI=1S/C16H9ClFNO4S/c17-12-6-2-1-5-11(12)16(20)23-24(21,22)14-7-3-4-10-8-19-9-13(18)15(10)14/h1-9H. The number of hydrogen-bond acceptors (Lipinski definition) is 5. The molecule has 0 spiro atoms. The van der Waals surface area contributed by atoms with E-state index in [1.807, 2.05) is 0 Å². The fourth-order valence-electron chi connectivity index (χ4n) is 2.18. The third kappa shape index (κ3) is 2.95. The summed E-state index contributed by atoms with van der Waals surface area (Å²) in [4.78, 5) is 15.3. The maximum Gasteiger partial charge on any atom is 0.355 e. The number of benzene rings is 2. The molecule has 0 atom stereocenters. The van der Waals surface area contributed by atoms with Gasteiger partial charge in [0.05, 0.1) is 16.8 Å². The summed E-state index contributed by atoms with van der Waals surface area (Å²) in [5.74, 6) is -1.98. The van der Waals surface area contributed by atoms with E-state index in [-0.39, 0.29) is 21.4 Å². The molecule has 0 bridgehead atoms. The minimum absolute atomic E-state index is 0.0472. The van der Waals surface area contributed by atoms with Crippen LogP contribution >= 0.6 is 11.6 Å². The Kier molecular flexibility index (Phi) is 4.21. The third-order valence-electron chi connectivity index (χ3n) is 3.25. The van der Waals surface area contributed by atoms with Gasteiger partial charge in [-0.2, -0.15) is 8.42 Å². The van der Waals surface area contributed by atoms with Gasteiger partial charge in [0.1, 0.15) is 4.90 Å². The first-order valence-electron chi connectivity index (χ1n) is 6.66. The topological polar surface area (TPSA) is 73.3 Å².